The fourth-order valence-electron chi connectivity index (χ4n) is 2.56. The maximum Gasteiger partial charge on any atom is 0.205 e. The summed E-state index contributed by atoms with van der Waals surface area (Å²) in [6.07, 6.45) is 1.59. The smallest absolute Gasteiger partial charge is 0.205 e. The summed E-state index contributed by atoms with van der Waals surface area (Å²) >= 11 is 0. The van der Waals surface area contributed by atoms with Crippen LogP contribution >= 0.6 is 0 Å². The molecule has 0 spiro atoms. The number of nitrogens with zero attached hydrogens (tertiary/aromatic N) is 2. The summed E-state index contributed by atoms with van der Waals surface area (Å²) in [6, 6.07) is 19.9. The summed E-state index contributed by atoms with van der Waals surface area (Å²) in [5.74, 6) is 1.10. The fourth-order valence-corrected chi connectivity index (χ4v) is 2.56. The third kappa shape index (κ3) is 3.45. The topological polar surface area (TPSA) is 69.7 Å². The van der Waals surface area contributed by atoms with Crippen molar-refractivity contribution in [2.75, 3.05) is 20.0 Å². The molecule has 0 atom stereocenters. The molecule has 0 amide bonds. The number of anilines is 1. The zero-order valence-electron chi connectivity index (χ0n) is 14.1. The van der Waals surface area contributed by atoms with Gasteiger partial charge in [0.2, 0.25) is 5.75 Å². The number of hydrogen-bond acceptors (Lipinski definition) is 5. The second-order valence-electron chi connectivity index (χ2n) is 5.29. The normalized spacial score (nSPS) is 10.2. The van der Waals surface area contributed by atoms with E-state index in [4.69, 9.17) is 20.2 Å². The van der Waals surface area contributed by atoms with E-state index in [1.54, 1.807) is 13.3 Å². The lowest BCUT2D eigenvalue weighted by Crippen LogP contribution is -2.04. The molecule has 0 unspecified atom stereocenters. The van der Waals surface area contributed by atoms with Crippen LogP contribution in [0.15, 0.2) is 71.9 Å². The quantitative estimate of drug-likeness (QED) is 0.720. The molecule has 0 aliphatic heterocycles. The minimum Gasteiger partial charge on any atom is -0.491 e. The molecule has 25 heavy (non-hydrogen) atoms. The van der Waals surface area contributed by atoms with Crippen molar-refractivity contribution >= 4 is 17.2 Å². The number of ether oxygens (including phenoxy) is 2. The van der Waals surface area contributed by atoms with Gasteiger partial charge in [-0.2, -0.15) is 0 Å². The number of methoxy groups -OCH3 is 2. The monoisotopic (exact) mass is 333 g/mol. The first-order valence-electron chi connectivity index (χ1n) is 7.80. The van der Waals surface area contributed by atoms with Crippen molar-refractivity contribution in [3.05, 3.63) is 78.0 Å². The Hall–Kier alpha value is -3.34. The van der Waals surface area contributed by atoms with E-state index >= 15 is 0 Å². The predicted octanol–water partition coefficient (Wildman–Crippen LogP) is 3.85. The molecule has 0 saturated heterocycles. The van der Waals surface area contributed by atoms with E-state index < -0.39 is 0 Å². The number of nitrogens with two attached hydrogens (primary N) is 1. The van der Waals surface area contributed by atoms with Crippen LogP contribution in [0.4, 0.5) is 11.5 Å². The van der Waals surface area contributed by atoms with Gasteiger partial charge in [-0.25, -0.2) is 9.98 Å². The SMILES string of the molecule is COc1c(N=C(c2ccccc2)c2ccccc2)cnc(N)c1OC. The van der Waals surface area contributed by atoms with Crippen LogP contribution in [0.3, 0.4) is 0 Å². The average Bonchev–Trinajstić information content (AvgIpc) is 2.68. The Kier molecular flexibility index (Phi) is 4.95. The zero-order valence-corrected chi connectivity index (χ0v) is 14.1. The van der Waals surface area contributed by atoms with Crippen LogP contribution < -0.4 is 15.2 Å². The van der Waals surface area contributed by atoms with E-state index in [2.05, 4.69) is 4.98 Å². The molecule has 126 valence electrons. The van der Waals surface area contributed by atoms with Crippen LogP contribution in [-0.4, -0.2) is 24.9 Å². The average molecular weight is 333 g/mol. The van der Waals surface area contributed by atoms with Gasteiger partial charge in [-0.3, -0.25) is 0 Å². The zero-order chi connectivity index (χ0) is 17.6. The lowest BCUT2D eigenvalue weighted by atomic mass is 10.0. The molecule has 5 heteroatoms. The predicted molar refractivity (Wildman–Crippen MR) is 99.9 cm³/mol. The third-order valence-corrected chi connectivity index (χ3v) is 3.73. The molecule has 1 aromatic heterocycles. The number of nitrogen functional groups attached to an aromatic ring is 1. The standard InChI is InChI=1S/C20H19N3O2/c1-24-18-16(13-22-20(21)19(18)25-2)23-17(14-9-5-3-6-10-14)15-11-7-4-8-12-15/h3-13H,1-2H3,(H2,21,22). The molecule has 0 radical (unpaired) electrons. The minimum absolute atomic E-state index is 0.263. The second kappa shape index (κ2) is 7.49. The van der Waals surface area contributed by atoms with Crippen LogP contribution in [0.25, 0.3) is 0 Å². The van der Waals surface area contributed by atoms with Gasteiger partial charge in [0.1, 0.15) is 5.69 Å². The van der Waals surface area contributed by atoms with Crippen LogP contribution in [0.2, 0.25) is 0 Å². The van der Waals surface area contributed by atoms with Gasteiger partial charge in [0, 0.05) is 11.1 Å². The Morgan fingerprint density at radius 1 is 0.840 bits per heavy atom. The Labute approximate surface area is 146 Å². The molecule has 3 rings (SSSR count). The van der Waals surface area contributed by atoms with Crippen LogP contribution in [0, 0.1) is 0 Å². The van der Waals surface area contributed by atoms with Gasteiger partial charge < -0.3 is 15.2 Å². The van der Waals surface area contributed by atoms with E-state index in [0.717, 1.165) is 16.8 Å². The number of benzene rings is 2. The third-order valence-electron chi connectivity index (χ3n) is 3.73. The number of aliphatic imine (C=N–C) groups is 1. The highest BCUT2D eigenvalue weighted by atomic mass is 16.5. The van der Waals surface area contributed by atoms with E-state index in [1.165, 1.54) is 7.11 Å². The highest BCUT2D eigenvalue weighted by Crippen LogP contribution is 2.40. The first kappa shape index (κ1) is 16.5. The highest BCUT2D eigenvalue weighted by Gasteiger charge is 2.16. The van der Waals surface area contributed by atoms with Gasteiger partial charge in [0.05, 0.1) is 26.1 Å². The van der Waals surface area contributed by atoms with Crippen molar-refractivity contribution in [1.82, 2.24) is 4.98 Å². The summed E-state index contributed by atoms with van der Waals surface area (Å²) in [4.78, 5) is 8.98. The first-order chi connectivity index (χ1) is 12.2. The van der Waals surface area contributed by atoms with Crippen molar-refractivity contribution in [3.63, 3.8) is 0 Å². The van der Waals surface area contributed by atoms with Gasteiger partial charge in [0.25, 0.3) is 0 Å². The Balaban J connectivity index is 2.21. The van der Waals surface area contributed by atoms with Crippen molar-refractivity contribution in [3.8, 4) is 11.5 Å². The molecule has 3 aromatic rings. The largest absolute Gasteiger partial charge is 0.491 e. The molecule has 0 fully saturated rings. The van der Waals surface area contributed by atoms with Crippen molar-refractivity contribution < 1.29 is 9.47 Å². The Morgan fingerprint density at radius 2 is 1.36 bits per heavy atom. The van der Waals surface area contributed by atoms with Gasteiger partial charge in [-0.05, 0) is 0 Å². The fraction of sp³-hybridized carbons (Fsp3) is 0.100. The van der Waals surface area contributed by atoms with Crippen LogP contribution in [0.5, 0.6) is 11.5 Å². The molecule has 2 N–H and O–H groups in total. The summed E-state index contributed by atoms with van der Waals surface area (Å²) in [7, 11) is 3.08. The van der Waals surface area contributed by atoms with Crippen molar-refractivity contribution in [2.45, 2.75) is 0 Å². The summed E-state index contributed by atoms with van der Waals surface area (Å²) < 4.78 is 10.8. The Morgan fingerprint density at radius 3 is 1.84 bits per heavy atom. The van der Waals surface area contributed by atoms with Crippen LogP contribution in [-0.2, 0) is 0 Å². The Bertz CT molecular complexity index is 837. The van der Waals surface area contributed by atoms with Gasteiger partial charge in [0.15, 0.2) is 11.6 Å². The van der Waals surface area contributed by atoms with Crippen molar-refractivity contribution in [1.29, 1.82) is 0 Å². The molecule has 0 aliphatic rings. The lowest BCUT2D eigenvalue weighted by molar-refractivity contribution is 0.356. The highest BCUT2D eigenvalue weighted by molar-refractivity contribution is 6.14. The number of pyridine rings is 1. The molecule has 0 bridgehead atoms. The van der Waals surface area contributed by atoms with Gasteiger partial charge in [-0.15, -0.1) is 0 Å². The summed E-state index contributed by atoms with van der Waals surface area (Å²) in [5.41, 5.74) is 9.21. The van der Waals surface area contributed by atoms with E-state index in [0.29, 0.717) is 17.2 Å². The van der Waals surface area contributed by atoms with E-state index in [-0.39, 0.29) is 5.82 Å². The summed E-state index contributed by atoms with van der Waals surface area (Å²) in [6.45, 7) is 0. The van der Waals surface area contributed by atoms with Crippen molar-refractivity contribution in [2.24, 2.45) is 4.99 Å². The van der Waals surface area contributed by atoms with E-state index in [1.807, 2.05) is 60.7 Å². The number of hydrogen-bond donors (Lipinski definition) is 1. The summed E-state index contributed by atoms with van der Waals surface area (Å²) in [5, 5.41) is 0. The number of rotatable bonds is 5. The first-order valence-corrected chi connectivity index (χ1v) is 7.80. The molecule has 1 heterocycles. The molecular formula is C20H19N3O2. The molecule has 0 aliphatic carbocycles. The number of aromatic nitrogens is 1. The maximum atomic E-state index is 5.86. The molecular weight excluding hydrogens is 314 g/mol. The van der Waals surface area contributed by atoms with Crippen LogP contribution in [0.1, 0.15) is 11.1 Å². The second-order valence-corrected chi connectivity index (χ2v) is 5.29. The lowest BCUT2D eigenvalue weighted by Gasteiger charge is -2.13. The van der Waals surface area contributed by atoms with E-state index in [9.17, 15) is 0 Å². The van der Waals surface area contributed by atoms with Gasteiger partial charge in [-0.1, -0.05) is 60.7 Å². The molecule has 2 aromatic carbocycles. The molecule has 5 nitrogen and oxygen atoms in total. The minimum atomic E-state index is 0.263. The molecule has 0 saturated carbocycles. The maximum absolute atomic E-state index is 5.86. The van der Waals surface area contributed by atoms with Gasteiger partial charge >= 0.3 is 0 Å².